The molecule has 0 radical (unpaired) electrons. The second-order valence-corrected chi connectivity index (χ2v) is 10.2. The fraction of sp³-hybridized carbons (Fsp3) is 0.515. The quantitative estimate of drug-likeness (QED) is 0.123. The lowest BCUT2D eigenvalue weighted by molar-refractivity contribution is 0.474. The van der Waals surface area contributed by atoms with E-state index in [9.17, 15) is 10.2 Å². The van der Waals surface area contributed by atoms with Gasteiger partial charge in [-0.3, -0.25) is 0 Å². The molecule has 0 aliphatic carbocycles. The van der Waals surface area contributed by atoms with Gasteiger partial charge in [0.1, 0.15) is 11.5 Å². The Labute approximate surface area is 230 Å². The van der Waals surface area contributed by atoms with Crippen molar-refractivity contribution in [2.75, 3.05) is 19.6 Å². The number of benzene rings is 2. The molecule has 1 aromatic heterocycles. The number of nitrogens with one attached hydrogen (secondary N) is 2. The minimum atomic E-state index is 0.331. The molecule has 0 aliphatic rings. The largest absolute Gasteiger partial charge is 0.508 e. The molecule has 5 nitrogen and oxygen atoms in total. The highest BCUT2D eigenvalue weighted by atomic mass is 16.3. The number of hydrogen-bond acceptors (Lipinski definition) is 4. The van der Waals surface area contributed by atoms with Crippen LogP contribution in [0.4, 0.5) is 0 Å². The lowest BCUT2D eigenvalue weighted by Gasteiger charge is -2.09. The molecule has 0 spiro atoms. The number of allylic oxidation sites excluding steroid dienone is 2. The molecule has 0 unspecified atom stereocenters. The van der Waals surface area contributed by atoms with E-state index in [4.69, 9.17) is 5.73 Å². The first-order valence-corrected chi connectivity index (χ1v) is 14.7. The minimum absolute atomic E-state index is 0.331. The van der Waals surface area contributed by atoms with Gasteiger partial charge < -0.3 is 26.2 Å². The van der Waals surface area contributed by atoms with E-state index < -0.39 is 0 Å². The van der Waals surface area contributed by atoms with E-state index in [1.54, 1.807) is 12.1 Å². The number of hydrogen-bond donors (Lipinski definition) is 5. The fourth-order valence-corrected chi connectivity index (χ4v) is 4.72. The van der Waals surface area contributed by atoms with E-state index in [-0.39, 0.29) is 0 Å². The molecule has 38 heavy (non-hydrogen) atoms. The van der Waals surface area contributed by atoms with Crippen LogP contribution in [0.5, 0.6) is 11.5 Å². The first-order chi connectivity index (χ1) is 18.5. The summed E-state index contributed by atoms with van der Waals surface area (Å²) in [5, 5.41) is 23.7. The fourth-order valence-electron chi connectivity index (χ4n) is 4.72. The Morgan fingerprint density at radius 2 is 1.58 bits per heavy atom. The molecule has 0 atom stereocenters. The Morgan fingerprint density at radius 3 is 2.29 bits per heavy atom. The van der Waals surface area contributed by atoms with Gasteiger partial charge in [0.2, 0.25) is 0 Å². The van der Waals surface area contributed by atoms with Crippen LogP contribution in [0.3, 0.4) is 0 Å². The smallest absolute Gasteiger partial charge is 0.116 e. The van der Waals surface area contributed by atoms with Crippen LogP contribution in [-0.4, -0.2) is 34.8 Å². The normalized spacial score (nSPS) is 11.5. The number of nitrogens with two attached hydrogens (primary N) is 1. The molecule has 0 saturated heterocycles. The summed E-state index contributed by atoms with van der Waals surface area (Å²) < 4.78 is 0. The number of rotatable bonds is 16. The highest BCUT2D eigenvalue weighted by Gasteiger charge is 2.05. The van der Waals surface area contributed by atoms with Gasteiger partial charge in [0, 0.05) is 17.1 Å². The zero-order valence-corrected chi connectivity index (χ0v) is 24.0. The summed E-state index contributed by atoms with van der Waals surface area (Å²) >= 11 is 0. The second kappa shape index (κ2) is 18.5. The van der Waals surface area contributed by atoms with Gasteiger partial charge in [-0.2, -0.15) is 0 Å². The van der Waals surface area contributed by atoms with Gasteiger partial charge in [-0.15, -0.1) is 0 Å². The number of phenols is 2. The molecule has 0 amide bonds. The predicted octanol–water partition coefficient (Wildman–Crippen LogP) is 7.99. The molecule has 3 rings (SSSR count). The van der Waals surface area contributed by atoms with E-state index in [2.05, 4.69) is 37.1 Å². The lowest BCUT2D eigenvalue weighted by Crippen LogP contribution is -2.18. The Hall–Kier alpha value is -2.76. The summed E-state index contributed by atoms with van der Waals surface area (Å²) in [6, 6.07) is 11.1. The lowest BCUT2D eigenvalue weighted by atomic mass is 9.97. The summed E-state index contributed by atoms with van der Waals surface area (Å²) in [7, 11) is 0. The Bertz CT molecular complexity index is 1090. The van der Waals surface area contributed by atoms with Crippen molar-refractivity contribution in [3.8, 4) is 11.5 Å². The Morgan fingerprint density at radius 1 is 0.895 bits per heavy atom. The zero-order valence-electron chi connectivity index (χ0n) is 24.0. The molecule has 0 bridgehead atoms. The van der Waals surface area contributed by atoms with Crippen molar-refractivity contribution >= 4 is 16.5 Å². The summed E-state index contributed by atoms with van der Waals surface area (Å²) in [6.07, 6.45) is 17.7. The molecule has 1 heterocycles. The first-order valence-electron chi connectivity index (χ1n) is 14.7. The molecule has 6 N–H and O–H groups in total. The van der Waals surface area contributed by atoms with E-state index in [0.717, 1.165) is 49.8 Å². The summed E-state index contributed by atoms with van der Waals surface area (Å²) in [5.41, 5.74) is 11.6. The van der Waals surface area contributed by atoms with E-state index >= 15 is 0 Å². The van der Waals surface area contributed by atoms with Crippen LogP contribution in [0.25, 0.3) is 16.5 Å². The maximum Gasteiger partial charge on any atom is 0.116 e. The summed E-state index contributed by atoms with van der Waals surface area (Å²) in [4.78, 5) is 3.26. The van der Waals surface area contributed by atoms with Gasteiger partial charge in [0.25, 0.3) is 0 Å². The molecule has 210 valence electrons. The monoisotopic (exact) mass is 521 g/mol. The van der Waals surface area contributed by atoms with Crippen LogP contribution < -0.4 is 11.1 Å². The predicted molar refractivity (Wildman–Crippen MR) is 164 cm³/mol. The first kappa shape index (κ1) is 31.5. The number of fused-ring (bicyclic) bond motifs is 1. The van der Waals surface area contributed by atoms with Crippen LogP contribution in [-0.2, 0) is 6.42 Å². The van der Waals surface area contributed by atoms with Crippen molar-refractivity contribution in [3.63, 3.8) is 0 Å². The maximum atomic E-state index is 9.60. The van der Waals surface area contributed by atoms with E-state index in [1.165, 1.54) is 73.6 Å². The van der Waals surface area contributed by atoms with E-state index in [0.29, 0.717) is 11.5 Å². The molecular formula is C33H51N3O2. The Balaban J connectivity index is 0.000000293. The average Bonchev–Trinajstić information content (AvgIpc) is 3.31. The molecule has 0 saturated carbocycles. The second-order valence-electron chi connectivity index (χ2n) is 10.2. The number of aromatic nitrogens is 1. The SMILES string of the molecule is CCC/C=C(/CC)c1cc(O)ccc1C.NCCCCCCCCCNCCc1c[nH]c2ccc(O)cc12. The van der Waals surface area contributed by atoms with Gasteiger partial charge in [0.05, 0.1) is 0 Å². The van der Waals surface area contributed by atoms with E-state index in [1.807, 2.05) is 30.5 Å². The van der Waals surface area contributed by atoms with Crippen molar-refractivity contribution in [1.29, 1.82) is 0 Å². The average molecular weight is 522 g/mol. The molecular weight excluding hydrogens is 470 g/mol. The maximum absolute atomic E-state index is 9.60. The third-order valence-corrected chi connectivity index (χ3v) is 7.01. The van der Waals surface area contributed by atoms with Crippen LogP contribution in [0.15, 0.2) is 48.7 Å². The number of aryl methyl sites for hydroxylation is 1. The highest BCUT2D eigenvalue weighted by Crippen LogP contribution is 2.26. The number of H-pyrrole nitrogens is 1. The summed E-state index contributed by atoms with van der Waals surface area (Å²) in [6.45, 7) is 9.34. The van der Waals surface area contributed by atoms with Gasteiger partial charge in [0.15, 0.2) is 0 Å². The molecule has 0 fully saturated rings. The van der Waals surface area contributed by atoms with Crippen molar-refractivity contribution < 1.29 is 10.2 Å². The number of phenolic OH excluding ortho intramolecular Hbond substituents is 2. The minimum Gasteiger partial charge on any atom is -0.508 e. The van der Waals surface area contributed by atoms with Crippen molar-refractivity contribution in [3.05, 3.63) is 65.4 Å². The topological polar surface area (TPSA) is 94.3 Å². The number of aromatic hydroxyl groups is 2. The number of unbranched alkanes of at least 4 members (excludes halogenated alkanes) is 7. The molecule has 5 heteroatoms. The summed E-state index contributed by atoms with van der Waals surface area (Å²) in [5.74, 6) is 0.684. The molecule has 3 aromatic rings. The van der Waals surface area contributed by atoms with Crippen molar-refractivity contribution in [2.45, 2.75) is 91.4 Å². The van der Waals surface area contributed by atoms with Gasteiger partial charge in [-0.25, -0.2) is 0 Å². The van der Waals surface area contributed by atoms with Crippen molar-refractivity contribution in [1.82, 2.24) is 10.3 Å². The standard InChI is InChI=1S/C19H31N3O.C14H20O/c20-11-6-4-2-1-3-5-7-12-21-13-10-16-15-22-19-9-8-17(23)14-18(16)19;1-4-6-7-12(5-2)14-10-13(15)9-8-11(14)3/h8-9,14-15,21-23H,1-7,10-13,20H2;7-10,15H,4-6H2,1-3H3/b;12-7-. The molecule has 0 aliphatic heterocycles. The van der Waals surface area contributed by atoms with Crippen LogP contribution >= 0.6 is 0 Å². The van der Waals surface area contributed by atoms with Crippen LogP contribution in [0, 0.1) is 6.92 Å². The number of aromatic amines is 1. The Kier molecular flexibility index (Phi) is 15.3. The van der Waals surface area contributed by atoms with Gasteiger partial charge in [-0.1, -0.05) is 64.5 Å². The highest BCUT2D eigenvalue weighted by molar-refractivity contribution is 5.84. The third-order valence-electron chi connectivity index (χ3n) is 7.01. The van der Waals surface area contributed by atoms with Crippen molar-refractivity contribution in [2.24, 2.45) is 5.73 Å². The zero-order chi connectivity index (χ0) is 27.6. The molecule has 2 aromatic carbocycles. The van der Waals surface area contributed by atoms with Gasteiger partial charge in [-0.05, 0) is 111 Å². The van der Waals surface area contributed by atoms with Crippen LogP contribution in [0.1, 0.15) is 94.7 Å². The third kappa shape index (κ3) is 11.3. The van der Waals surface area contributed by atoms with Gasteiger partial charge >= 0.3 is 0 Å². The van der Waals surface area contributed by atoms with Crippen LogP contribution in [0.2, 0.25) is 0 Å².